The standard InChI is InChI=1S/C22H23NO5/c1-3-20(22(24)25)28-18-11-9-17(10-12-18)26-14-13-19-15(2)27-21(23-19)16-7-5-4-6-8-16/h4-12,20H,3,13-14H2,1-2H3,(H,24,25). The first-order valence-electron chi connectivity index (χ1n) is 9.21. The van der Waals surface area contributed by atoms with E-state index in [9.17, 15) is 4.79 Å². The van der Waals surface area contributed by atoms with Gasteiger partial charge in [0.05, 0.1) is 12.3 Å². The summed E-state index contributed by atoms with van der Waals surface area (Å²) in [5, 5.41) is 9.05. The minimum atomic E-state index is -0.972. The van der Waals surface area contributed by atoms with Crippen molar-refractivity contribution in [2.24, 2.45) is 0 Å². The molecule has 0 radical (unpaired) electrons. The fraction of sp³-hybridized carbons (Fsp3) is 0.273. The lowest BCUT2D eigenvalue weighted by Gasteiger charge is -2.13. The van der Waals surface area contributed by atoms with E-state index in [0.29, 0.717) is 36.8 Å². The van der Waals surface area contributed by atoms with Gasteiger partial charge in [-0.15, -0.1) is 0 Å². The van der Waals surface area contributed by atoms with E-state index < -0.39 is 12.1 Å². The molecule has 1 N–H and O–H groups in total. The van der Waals surface area contributed by atoms with E-state index in [1.54, 1.807) is 31.2 Å². The number of nitrogens with zero attached hydrogens (tertiary/aromatic N) is 1. The number of carboxylic acids is 1. The van der Waals surface area contributed by atoms with E-state index in [1.807, 2.05) is 37.3 Å². The van der Waals surface area contributed by atoms with Gasteiger partial charge >= 0.3 is 5.97 Å². The van der Waals surface area contributed by atoms with Gasteiger partial charge in [0.2, 0.25) is 5.89 Å². The second-order valence-electron chi connectivity index (χ2n) is 6.31. The van der Waals surface area contributed by atoms with E-state index in [-0.39, 0.29) is 0 Å². The number of carboxylic acid groups (broad SMARTS) is 1. The van der Waals surface area contributed by atoms with Crippen molar-refractivity contribution in [3.05, 3.63) is 66.1 Å². The average molecular weight is 381 g/mol. The summed E-state index contributed by atoms with van der Waals surface area (Å²) in [4.78, 5) is 15.6. The van der Waals surface area contributed by atoms with E-state index in [4.69, 9.17) is 19.0 Å². The Labute approximate surface area is 163 Å². The second-order valence-corrected chi connectivity index (χ2v) is 6.31. The summed E-state index contributed by atoms with van der Waals surface area (Å²) < 4.78 is 17.0. The molecule has 1 heterocycles. The zero-order chi connectivity index (χ0) is 19.9. The quantitative estimate of drug-likeness (QED) is 0.587. The highest BCUT2D eigenvalue weighted by atomic mass is 16.5. The maximum absolute atomic E-state index is 11.0. The molecule has 0 aliphatic rings. The fourth-order valence-electron chi connectivity index (χ4n) is 2.72. The number of oxazole rings is 1. The van der Waals surface area contributed by atoms with Crippen LogP contribution < -0.4 is 9.47 Å². The van der Waals surface area contributed by atoms with Crippen molar-refractivity contribution in [2.75, 3.05) is 6.61 Å². The largest absolute Gasteiger partial charge is 0.493 e. The summed E-state index contributed by atoms with van der Waals surface area (Å²) in [6.45, 7) is 4.12. The number of aliphatic carboxylic acids is 1. The van der Waals surface area contributed by atoms with Gasteiger partial charge in [-0.05, 0) is 49.7 Å². The smallest absolute Gasteiger partial charge is 0.344 e. The van der Waals surface area contributed by atoms with Crippen LogP contribution in [0, 0.1) is 6.92 Å². The summed E-state index contributed by atoms with van der Waals surface area (Å²) in [7, 11) is 0. The van der Waals surface area contributed by atoms with Gasteiger partial charge in [0, 0.05) is 12.0 Å². The van der Waals surface area contributed by atoms with Crippen molar-refractivity contribution < 1.29 is 23.8 Å². The van der Waals surface area contributed by atoms with Crippen molar-refractivity contribution in [2.45, 2.75) is 32.8 Å². The molecule has 0 spiro atoms. The SMILES string of the molecule is CCC(Oc1ccc(OCCc2nc(-c3ccccc3)oc2C)cc1)C(=O)O. The highest BCUT2D eigenvalue weighted by molar-refractivity contribution is 5.72. The molecule has 2 aromatic carbocycles. The molecule has 0 aliphatic heterocycles. The van der Waals surface area contributed by atoms with E-state index in [1.165, 1.54) is 0 Å². The molecule has 28 heavy (non-hydrogen) atoms. The van der Waals surface area contributed by atoms with Gasteiger partial charge in [-0.2, -0.15) is 0 Å². The Bertz CT molecular complexity index is 902. The van der Waals surface area contributed by atoms with Gasteiger partial charge in [0.1, 0.15) is 17.3 Å². The lowest BCUT2D eigenvalue weighted by molar-refractivity contribution is -0.145. The van der Waals surface area contributed by atoms with Gasteiger partial charge in [0.25, 0.3) is 0 Å². The van der Waals surface area contributed by atoms with Crippen LogP contribution in [0.25, 0.3) is 11.5 Å². The summed E-state index contributed by atoms with van der Waals surface area (Å²) in [6.07, 6.45) is 0.174. The molecule has 6 heteroatoms. The van der Waals surface area contributed by atoms with Crippen molar-refractivity contribution in [3.63, 3.8) is 0 Å². The van der Waals surface area contributed by atoms with Crippen LogP contribution in [-0.2, 0) is 11.2 Å². The molecule has 0 bridgehead atoms. The number of hydrogen-bond donors (Lipinski definition) is 1. The zero-order valence-electron chi connectivity index (χ0n) is 15.9. The zero-order valence-corrected chi connectivity index (χ0v) is 15.9. The van der Waals surface area contributed by atoms with Crippen molar-refractivity contribution in [1.82, 2.24) is 4.98 Å². The van der Waals surface area contributed by atoms with Gasteiger partial charge in [-0.1, -0.05) is 25.1 Å². The number of aromatic nitrogens is 1. The number of hydrogen-bond acceptors (Lipinski definition) is 5. The van der Waals surface area contributed by atoms with E-state index >= 15 is 0 Å². The third-order valence-electron chi connectivity index (χ3n) is 4.27. The highest BCUT2D eigenvalue weighted by Gasteiger charge is 2.16. The minimum Gasteiger partial charge on any atom is -0.493 e. The molecule has 0 fully saturated rings. The summed E-state index contributed by atoms with van der Waals surface area (Å²) in [5.74, 6) is 1.60. The third-order valence-corrected chi connectivity index (χ3v) is 4.27. The Morgan fingerprint density at radius 2 is 1.79 bits per heavy atom. The Hall–Kier alpha value is -3.28. The maximum Gasteiger partial charge on any atom is 0.344 e. The Morgan fingerprint density at radius 3 is 2.43 bits per heavy atom. The Kier molecular flexibility index (Phi) is 6.32. The lowest BCUT2D eigenvalue weighted by atomic mass is 10.2. The first-order chi connectivity index (χ1) is 13.6. The Morgan fingerprint density at radius 1 is 1.11 bits per heavy atom. The molecule has 6 nitrogen and oxygen atoms in total. The van der Waals surface area contributed by atoms with Crippen molar-refractivity contribution >= 4 is 5.97 Å². The lowest BCUT2D eigenvalue weighted by Crippen LogP contribution is -2.25. The summed E-state index contributed by atoms with van der Waals surface area (Å²) in [6, 6.07) is 16.7. The van der Waals surface area contributed by atoms with Gasteiger partial charge in [0.15, 0.2) is 6.10 Å². The molecule has 1 unspecified atom stereocenters. The van der Waals surface area contributed by atoms with E-state index in [2.05, 4.69) is 4.98 Å². The molecule has 0 amide bonds. The first kappa shape index (κ1) is 19.5. The van der Waals surface area contributed by atoms with Crippen LogP contribution in [0.3, 0.4) is 0 Å². The van der Waals surface area contributed by atoms with E-state index in [0.717, 1.165) is 17.0 Å². The molecule has 3 aromatic rings. The number of aryl methyl sites for hydroxylation is 1. The number of carbonyl (C=O) groups is 1. The molecule has 0 aliphatic carbocycles. The molecule has 146 valence electrons. The van der Waals surface area contributed by atoms with Gasteiger partial charge in [-0.3, -0.25) is 0 Å². The summed E-state index contributed by atoms with van der Waals surface area (Å²) >= 11 is 0. The van der Waals surface area contributed by atoms with Crippen LogP contribution in [0.1, 0.15) is 24.8 Å². The van der Waals surface area contributed by atoms with Gasteiger partial charge in [-0.25, -0.2) is 9.78 Å². The predicted molar refractivity (Wildman–Crippen MR) is 105 cm³/mol. The maximum atomic E-state index is 11.0. The molecular formula is C22H23NO5. The average Bonchev–Trinajstić information content (AvgIpc) is 3.08. The van der Waals surface area contributed by atoms with Crippen LogP contribution in [0.2, 0.25) is 0 Å². The number of benzene rings is 2. The third kappa shape index (κ3) is 4.91. The summed E-state index contributed by atoms with van der Waals surface area (Å²) in [5.41, 5.74) is 1.81. The number of rotatable bonds is 9. The van der Waals surface area contributed by atoms with Crippen LogP contribution >= 0.6 is 0 Å². The molecule has 1 aromatic heterocycles. The monoisotopic (exact) mass is 381 g/mol. The van der Waals surface area contributed by atoms with Gasteiger partial charge < -0.3 is 19.0 Å². The first-order valence-corrected chi connectivity index (χ1v) is 9.21. The predicted octanol–water partition coefficient (Wildman–Crippen LogP) is 4.51. The van der Waals surface area contributed by atoms with Crippen LogP contribution in [-0.4, -0.2) is 28.8 Å². The molecule has 0 saturated heterocycles. The minimum absolute atomic E-state index is 0.398. The molecule has 0 saturated carbocycles. The number of ether oxygens (including phenoxy) is 2. The molecule has 1 atom stereocenters. The topological polar surface area (TPSA) is 81.8 Å². The van der Waals surface area contributed by atoms with Crippen molar-refractivity contribution in [1.29, 1.82) is 0 Å². The van der Waals surface area contributed by atoms with Crippen LogP contribution in [0.5, 0.6) is 11.5 Å². The van der Waals surface area contributed by atoms with Crippen molar-refractivity contribution in [3.8, 4) is 23.0 Å². The fourth-order valence-corrected chi connectivity index (χ4v) is 2.72. The molecule has 3 rings (SSSR count). The highest BCUT2D eigenvalue weighted by Crippen LogP contribution is 2.23. The van der Waals surface area contributed by atoms with Crippen LogP contribution in [0.4, 0.5) is 0 Å². The molecular weight excluding hydrogens is 358 g/mol. The Balaban J connectivity index is 1.54. The second kappa shape index (κ2) is 9.08. The normalized spacial score (nSPS) is 11.8. The van der Waals surface area contributed by atoms with Crippen LogP contribution in [0.15, 0.2) is 59.0 Å².